The molecule has 0 amide bonds. The standard InChI is InChI=1S/C26H18BF2N3O/c28-27(29)31(22-14-11-20(18-30)12-15-22)19-21-13-16-25(17-26(21)33-27)32(23-7-3-1-4-8-23)24-9-5-2-6-10-24/h1-17,19H. The summed E-state index contributed by atoms with van der Waals surface area (Å²) in [6.07, 6.45) is 1.39. The van der Waals surface area contributed by atoms with E-state index in [1.165, 1.54) is 30.5 Å². The van der Waals surface area contributed by atoms with Gasteiger partial charge in [0, 0.05) is 35.3 Å². The molecule has 7 heteroatoms. The first kappa shape index (κ1) is 20.5. The number of nitriles is 1. The molecule has 1 aliphatic rings. The lowest BCUT2D eigenvalue weighted by Crippen LogP contribution is -2.46. The fraction of sp³-hybridized carbons (Fsp3) is 0. The minimum Gasteiger partial charge on any atom is -0.599 e. The lowest BCUT2D eigenvalue weighted by Gasteiger charge is -2.30. The summed E-state index contributed by atoms with van der Waals surface area (Å²) in [5.74, 6) is 0.110. The molecule has 33 heavy (non-hydrogen) atoms. The Bertz CT molecular complexity index is 1330. The summed E-state index contributed by atoms with van der Waals surface area (Å²) in [6.45, 7) is 0. The number of para-hydroxylation sites is 2. The predicted octanol–water partition coefficient (Wildman–Crippen LogP) is 6.56. The van der Waals surface area contributed by atoms with Gasteiger partial charge in [0.25, 0.3) is 0 Å². The average Bonchev–Trinajstić information content (AvgIpc) is 2.85. The smallest absolute Gasteiger partial charge is 0.599 e. The van der Waals surface area contributed by atoms with Crippen molar-refractivity contribution in [2.45, 2.75) is 0 Å². The maximum atomic E-state index is 15.1. The van der Waals surface area contributed by atoms with Gasteiger partial charge in [0.2, 0.25) is 0 Å². The Hall–Kier alpha value is -4.44. The molecule has 0 aromatic heterocycles. The van der Waals surface area contributed by atoms with Gasteiger partial charge in [-0.25, -0.2) is 0 Å². The number of hydrogen-bond acceptors (Lipinski definition) is 3. The molecule has 4 aromatic carbocycles. The third kappa shape index (κ3) is 3.95. The van der Waals surface area contributed by atoms with Crippen LogP contribution in [0.25, 0.3) is 0 Å². The molecule has 0 spiro atoms. The minimum absolute atomic E-state index is 0.110. The van der Waals surface area contributed by atoms with Crippen molar-refractivity contribution >= 4 is 36.0 Å². The van der Waals surface area contributed by atoms with Crippen molar-refractivity contribution < 1.29 is 17.8 Å². The van der Waals surface area contributed by atoms with Crippen LogP contribution in [0, 0.1) is 11.3 Å². The fourth-order valence-corrected chi connectivity index (χ4v) is 3.87. The summed E-state index contributed by atoms with van der Waals surface area (Å²) < 4.78 is 36.2. The van der Waals surface area contributed by atoms with Crippen molar-refractivity contribution in [3.63, 3.8) is 0 Å². The molecule has 0 atom stereocenters. The lowest BCUT2D eigenvalue weighted by atomic mass is 9.97. The summed E-state index contributed by atoms with van der Waals surface area (Å²) in [4.78, 5) is 1.99. The highest BCUT2D eigenvalue weighted by Gasteiger charge is 2.50. The molecular weight excluding hydrogens is 419 g/mol. The average molecular weight is 437 g/mol. The summed E-state index contributed by atoms with van der Waals surface area (Å²) in [5, 5.41) is 8.96. The number of anilines is 3. The zero-order valence-electron chi connectivity index (χ0n) is 17.5. The van der Waals surface area contributed by atoms with E-state index in [0.717, 1.165) is 15.9 Å². The molecule has 0 aliphatic carbocycles. The van der Waals surface area contributed by atoms with Crippen LogP contribution in [0.15, 0.2) is 103 Å². The second-order valence-corrected chi connectivity index (χ2v) is 7.60. The van der Waals surface area contributed by atoms with Gasteiger partial charge >= 0.3 is 7.04 Å². The van der Waals surface area contributed by atoms with Crippen LogP contribution in [0.5, 0.6) is 5.75 Å². The Balaban J connectivity index is 1.59. The topological polar surface area (TPSA) is 39.3 Å². The molecule has 1 heterocycles. The number of hydrogen-bond donors (Lipinski definition) is 0. The van der Waals surface area contributed by atoms with E-state index in [2.05, 4.69) is 0 Å². The van der Waals surface area contributed by atoms with E-state index in [9.17, 15) is 0 Å². The van der Waals surface area contributed by atoms with Crippen LogP contribution in [0.3, 0.4) is 0 Å². The highest BCUT2D eigenvalue weighted by atomic mass is 19.3. The Labute approximate surface area is 190 Å². The van der Waals surface area contributed by atoms with Gasteiger partial charge in [-0.15, -0.1) is 0 Å². The molecule has 0 saturated heterocycles. The maximum absolute atomic E-state index is 15.1. The Morgan fingerprint density at radius 1 is 0.758 bits per heavy atom. The second kappa shape index (κ2) is 8.25. The summed E-state index contributed by atoms with van der Waals surface area (Å²) in [5.41, 5.74) is 3.71. The number of nitrogens with zero attached hydrogens (tertiary/aromatic N) is 3. The molecular formula is C26H18BF2N3O. The molecule has 0 N–H and O–H groups in total. The van der Waals surface area contributed by atoms with Gasteiger partial charge in [-0.3, -0.25) is 0 Å². The monoisotopic (exact) mass is 437 g/mol. The Morgan fingerprint density at radius 2 is 1.36 bits per heavy atom. The third-order valence-electron chi connectivity index (χ3n) is 5.45. The molecule has 0 unspecified atom stereocenters. The molecule has 1 aliphatic heterocycles. The number of fused-ring (bicyclic) bond motifs is 1. The largest absolute Gasteiger partial charge is 0.834 e. The van der Waals surface area contributed by atoms with Gasteiger partial charge in [0.1, 0.15) is 6.21 Å². The highest BCUT2D eigenvalue weighted by Crippen LogP contribution is 2.39. The first-order chi connectivity index (χ1) is 16.0. The van der Waals surface area contributed by atoms with Gasteiger partial charge in [-0.2, -0.15) is 5.26 Å². The molecule has 4 nitrogen and oxygen atoms in total. The van der Waals surface area contributed by atoms with E-state index in [0.29, 0.717) is 16.8 Å². The van der Waals surface area contributed by atoms with E-state index < -0.39 is 7.04 Å². The van der Waals surface area contributed by atoms with Crippen molar-refractivity contribution in [1.29, 1.82) is 5.26 Å². The van der Waals surface area contributed by atoms with Crippen LogP contribution >= 0.6 is 0 Å². The van der Waals surface area contributed by atoms with Gasteiger partial charge in [0.05, 0.1) is 22.9 Å². The highest BCUT2D eigenvalue weighted by molar-refractivity contribution is 6.53. The van der Waals surface area contributed by atoms with Crippen LogP contribution in [-0.2, 0) is 0 Å². The van der Waals surface area contributed by atoms with Crippen LogP contribution < -0.4 is 9.55 Å². The SMILES string of the molecule is N#Cc1ccc([N+]2=Cc3ccc(N(c4ccccc4)c4ccccc4)cc3O[B-]2(F)F)cc1. The number of benzene rings is 4. The van der Waals surface area contributed by atoms with E-state index >= 15 is 8.63 Å². The molecule has 4 aromatic rings. The quantitative estimate of drug-likeness (QED) is 0.340. The number of rotatable bonds is 4. The minimum atomic E-state index is -4.35. The van der Waals surface area contributed by atoms with Crippen molar-refractivity contribution in [1.82, 2.24) is 0 Å². The van der Waals surface area contributed by atoms with Crippen molar-refractivity contribution in [2.75, 3.05) is 4.90 Å². The van der Waals surface area contributed by atoms with E-state index in [1.807, 2.05) is 77.7 Å². The molecule has 160 valence electrons. The Morgan fingerprint density at radius 3 is 1.94 bits per heavy atom. The fourth-order valence-electron chi connectivity index (χ4n) is 3.87. The van der Waals surface area contributed by atoms with Crippen LogP contribution in [-0.4, -0.2) is 17.7 Å². The summed E-state index contributed by atoms with van der Waals surface area (Å²) in [7, 11) is -4.35. The predicted molar refractivity (Wildman–Crippen MR) is 126 cm³/mol. The van der Waals surface area contributed by atoms with Crippen molar-refractivity contribution in [3.8, 4) is 11.8 Å². The summed E-state index contributed by atoms with van der Waals surface area (Å²) in [6, 6.07) is 32.7. The second-order valence-electron chi connectivity index (χ2n) is 7.60. The lowest BCUT2D eigenvalue weighted by molar-refractivity contribution is -0.343. The number of halogens is 2. The van der Waals surface area contributed by atoms with E-state index in [1.54, 1.807) is 12.1 Å². The molecule has 0 bridgehead atoms. The van der Waals surface area contributed by atoms with E-state index in [-0.39, 0.29) is 11.4 Å². The Kier molecular flexibility index (Phi) is 5.12. The first-order valence-corrected chi connectivity index (χ1v) is 10.4. The summed E-state index contributed by atoms with van der Waals surface area (Å²) >= 11 is 0. The van der Waals surface area contributed by atoms with Gasteiger partial charge in [0.15, 0.2) is 5.69 Å². The molecule has 0 radical (unpaired) electrons. The first-order valence-electron chi connectivity index (χ1n) is 10.4. The zero-order chi connectivity index (χ0) is 22.8. The molecule has 0 saturated carbocycles. The van der Waals surface area contributed by atoms with Crippen LogP contribution in [0.1, 0.15) is 11.1 Å². The zero-order valence-corrected chi connectivity index (χ0v) is 17.5. The van der Waals surface area contributed by atoms with E-state index in [4.69, 9.17) is 9.92 Å². The van der Waals surface area contributed by atoms with Gasteiger partial charge in [-0.1, -0.05) is 36.4 Å². The normalized spacial score (nSPS) is 13.8. The third-order valence-corrected chi connectivity index (χ3v) is 5.45. The van der Waals surface area contributed by atoms with Crippen molar-refractivity contribution in [2.24, 2.45) is 0 Å². The van der Waals surface area contributed by atoms with Crippen molar-refractivity contribution in [3.05, 3.63) is 114 Å². The van der Waals surface area contributed by atoms with Crippen LogP contribution in [0.4, 0.5) is 31.4 Å². The maximum Gasteiger partial charge on any atom is 0.834 e. The van der Waals surface area contributed by atoms with Gasteiger partial charge < -0.3 is 22.7 Å². The molecule has 0 fully saturated rings. The van der Waals surface area contributed by atoms with Gasteiger partial charge in [-0.05, 0) is 48.5 Å². The van der Waals surface area contributed by atoms with Crippen LogP contribution in [0.2, 0.25) is 0 Å². The molecule has 5 rings (SSSR count).